The van der Waals surface area contributed by atoms with Crippen molar-refractivity contribution in [1.82, 2.24) is 4.98 Å². The van der Waals surface area contributed by atoms with Gasteiger partial charge in [-0.05, 0) is 56.2 Å². The second-order valence-electron chi connectivity index (χ2n) is 8.18. The summed E-state index contributed by atoms with van der Waals surface area (Å²) in [6.07, 6.45) is -2.06. The number of rotatable bonds is 8. The van der Waals surface area contributed by atoms with Gasteiger partial charge < -0.3 is 19.2 Å². The molecule has 1 aliphatic rings. The molecule has 0 saturated heterocycles. The number of carboxylic acids is 1. The zero-order valence-corrected chi connectivity index (χ0v) is 21.7. The number of carboxylic acid groups (broad SMARTS) is 1. The van der Waals surface area contributed by atoms with Crippen molar-refractivity contribution in [2.24, 2.45) is 0 Å². The van der Waals surface area contributed by atoms with Crippen LogP contribution in [0.3, 0.4) is 0 Å². The molecule has 1 radical (unpaired) electrons. The largest absolute Gasteiger partial charge is 0.493 e. The molecule has 0 atom stereocenters. The van der Waals surface area contributed by atoms with E-state index in [2.05, 4.69) is 9.88 Å². The third-order valence-corrected chi connectivity index (χ3v) is 5.85. The van der Waals surface area contributed by atoms with Crippen LogP contribution in [0.25, 0.3) is 11.5 Å². The molecule has 0 unspecified atom stereocenters. The van der Waals surface area contributed by atoms with Crippen molar-refractivity contribution in [1.29, 1.82) is 0 Å². The van der Waals surface area contributed by atoms with Gasteiger partial charge in [0, 0.05) is 65.9 Å². The van der Waals surface area contributed by atoms with Gasteiger partial charge in [-0.3, -0.25) is 4.79 Å². The van der Waals surface area contributed by atoms with Gasteiger partial charge >= 0.3 is 12.1 Å². The Bertz CT molecular complexity index is 1160. The van der Waals surface area contributed by atoms with Crippen molar-refractivity contribution in [2.75, 3.05) is 24.6 Å². The first kappa shape index (κ1) is 27.1. The number of carbonyl (C=O) groups is 1. The molecule has 4 rings (SSSR count). The maximum absolute atomic E-state index is 12.8. The normalized spacial score (nSPS) is 13.2. The molecule has 3 aromatic rings. The smallest absolute Gasteiger partial charge is 0.416 e. The Kier molecular flexibility index (Phi) is 8.90. The first-order chi connectivity index (χ1) is 16.2. The van der Waals surface area contributed by atoms with E-state index in [0.717, 1.165) is 48.5 Å². The van der Waals surface area contributed by atoms with E-state index in [1.54, 1.807) is 6.92 Å². The second-order valence-corrected chi connectivity index (χ2v) is 8.18. The van der Waals surface area contributed by atoms with Gasteiger partial charge in [-0.25, -0.2) is 4.98 Å². The van der Waals surface area contributed by atoms with Crippen LogP contribution in [0.1, 0.15) is 35.4 Å². The summed E-state index contributed by atoms with van der Waals surface area (Å²) >= 11 is 0. The number of aryl methyl sites for hydroxylation is 1. The maximum Gasteiger partial charge on any atom is 0.416 e. The van der Waals surface area contributed by atoms with Crippen LogP contribution in [0, 0.1) is 6.92 Å². The first-order valence-electron chi connectivity index (χ1n) is 11.1. The quantitative estimate of drug-likeness (QED) is 0.435. The van der Waals surface area contributed by atoms with Crippen molar-refractivity contribution in [3.8, 4) is 17.2 Å². The summed E-state index contributed by atoms with van der Waals surface area (Å²) in [5.74, 6) is 0.806. The van der Waals surface area contributed by atoms with Crippen molar-refractivity contribution in [3.05, 3.63) is 65.0 Å². The Morgan fingerprint density at radius 3 is 2.63 bits per heavy atom. The van der Waals surface area contributed by atoms with Gasteiger partial charge in [0.1, 0.15) is 11.5 Å². The van der Waals surface area contributed by atoms with Crippen LogP contribution >= 0.6 is 0 Å². The minimum absolute atomic E-state index is 0. The van der Waals surface area contributed by atoms with Crippen LogP contribution in [0.15, 0.2) is 46.9 Å². The average molecular weight is 497 g/mol. The van der Waals surface area contributed by atoms with Crippen molar-refractivity contribution in [2.45, 2.75) is 38.8 Å². The summed E-state index contributed by atoms with van der Waals surface area (Å²) in [6.45, 7) is 3.39. The summed E-state index contributed by atoms with van der Waals surface area (Å²) in [7, 11) is 0. The number of alkyl halides is 3. The molecule has 10 heteroatoms. The molecule has 1 aliphatic heterocycles. The molecular formula is C25H25F3N2NaO4. The fourth-order valence-electron chi connectivity index (χ4n) is 4.11. The van der Waals surface area contributed by atoms with Crippen LogP contribution in [-0.4, -0.2) is 65.3 Å². The van der Waals surface area contributed by atoms with Crippen LogP contribution in [0.4, 0.5) is 18.9 Å². The standard InChI is InChI=1S/C25H25F3N2O4.Na/c1-16-20(29-24(34-16)17-7-9-18(10-8-17)25(26,27)28)12-15-33-22-6-2-5-21-19(22)4-3-13-30(21)14-11-23(31)32;/h2,5-10H,3-4,11-15H2,1H3,(H,31,32);. The number of ether oxygens (including phenoxy) is 1. The fourth-order valence-corrected chi connectivity index (χ4v) is 4.11. The van der Waals surface area contributed by atoms with Gasteiger partial charge in [-0.2, -0.15) is 13.2 Å². The predicted molar refractivity (Wildman–Crippen MR) is 126 cm³/mol. The number of halogens is 3. The Labute approximate surface area is 223 Å². The van der Waals surface area contributed by atoms with E-state index in [1.165, 1.54) is 12.1 Å². The molecule has 0 amide bonds. The molecule has 1 N–H and O–H groups in total. The number of oxazole rings is 1. The number of aliphatic carboxylic acids is 1. The molecule has 0 aliphatic carbocycles. The summed E-state index contributed by atoms with van der Waals surface area (Å²) < 4.78 is 50.1. The molecule has 6 nitrogen and oxygen atoms in total. The molecule has 2 aromatic carbocycles. The van der Waals surface area contributed by atoms with E-state index in [1.807, 2.05) is 18.2 Å². The summed E-state index contributed by atoms with van der Waals surface area (Å²) in [6, 6.07) is 10.5. The van der Waals surface area contributed by atoms with Gasteiger partial charge in [0.05, 0.1) is 24.3 Å². The molecular weight excluding hydrogens is 472 g/mol. The topological polar surface area (TPSA) is 75.8 Å². The van der Waals surface area contributed by atoms with Gasteiger partial charge in [0.2, 0.25) is 5.89 Å². The molecule has 0 bridgehead atoms. The maximum atomic E-state index is 12.8. The third-order valence-electron chi connectivity index (χ3n) is 5.85. The van der Waals surface area contributed by atoms with Crippen molar-refractivity contribution in [3.63, 3.8) is 0 Å². The second kappa shape index (κ2) is 11.5. The Morgan fingerprint density at radius 2 is 1.94 bits per heavy atom. The van der Waals surface area contributed by atoms with Gasteiger partial charge in [0.15, 0.2) is 0 Å². The number of nitrogens with zero attached hydrogens (tertiary/aromatic N) is 2. The predicted octanol–water partition coefficient (Wildman–Crippen LogP) is 5.14. The zero-order valence-electron chi connectivity index (χ0n) is 19.7. The molecule has 2 heterocycles. The molecule has 35 heavy (non-hydrogen) atoms. The molecule has 181 valence electrons. The SMILES string of the molecule is Cc1oc(-c2ccc(C(F)(F)F)cc2)nc1CCOc1cccc2c1CCCN2CCC(=O)O.[Na]. The number of hydrogen-bond acceptors (Lipinski definition) is 5. The Balaban J connectivity index is 0.00000342. The van der Waals surface area contributed by atoms with Crippen LogP contribution < -0.4 is 9.64 Å². The minimum Gasteiger partial charge on any atom is -0.493 e. The molecule has 0 spiro atoms. The van der Waals surface area contributed by atoms with E-state index in [4.69, 9.17) is 14.3 Å². The number of benzene rings is 2. The van der Waals surface area contributed by atoms with E-state index in [9.17, 15) is 18.0 Å². The Hall–Kier alpha value is -2.49. The van der Waals surface area contributed by atoms with Crippen molar-refractivity contribution < 1.29 is 32.2 Å². The van der Waals surface area contributed by atoms with Crippen molar-refractivity contribution >= 4 is 41.2 Å². The summed E-state index contributed by atoms with van der Waals surface area (Å²) in [5, 5.41) is 9.00. The Morgan fingerprint density at radius 1 is 1.20 bits per heavy atom. The van der Waals surface area contributed by atoms with Gasteiger partial charge in [0.25, 0.3) is 0 Å². The van der Waals surface area contributed by atoms with E-state index < -0.39 is 17.7 Å². The number of fused-ring (bicyclic) bond motifs is 1. The van der Waals surface area contributed by atoms with E-state index >= 15 is 0 Å². The van der Waals surface area contributed by atoms with Gasteiger partial charge in [-0.1, -0.05) is 6.07 Å². The summed E-state index contributed by atoms with van der Waals surface area (Å²) in [5.41, 5.74) is 2.51. The molecule has 0 saturated carbocycles. The average Bonchev–Trinajstić information content (AvgIpc) is 3.17. The molecule has 0 fully saturated rings. The third kappa shape index (κ3) is 6.59. The van der Waals surface area contributed by atoms with E-state index in [0.29, 0.717) is 36.6 Å². The number of anilines is 1. The van der Waals surface area contributed by atoms with Gasteiger partial charge in [-0.15, -0.1) is 0 Å². The fraction of sp³-hybridized carbons (Fsp3) is 0.360. The zero-order chi connectivity index (χ0) is 24.3. The van der Waals surface area contributed by atoms with E-state index in [-0.39, 0.29) is 41.9 Å². The minimum atomic E-state index is -4.39. The number of aromatic nitrogens is 1. The summed E-state index contributed by atoms with van der Waals surface area (Å²) in [4.78, 5) is 17.5. The van der Waals surface area contributed by atoms with Crippen LogP contribution in [0.5, 0.6) is 5.75 Å². The monoisotopic (exact) mass is 497 g/mol. The number of hydrogen-bond donors (Lipinski definition) is 1. The molecule has 1 aromatic heterocycles. The van der Waals surface area contributed by atoms with Crippen LogP contribution in [0.2, 0.25) is 0 Å². The first-order valence-corrected chi connectivity index (χ1v) is 11.1. The van der Waals surface area contributed by atoms with Crippen LogP contribution in [-0.2, 0) is 23.8 Å².